The first-order chi connectivity index (χ1) is 14.1. The number of likely N-dealkylation sites (tertiary alicyclic amines) is 1. The Bertz CT molecular complexity index is 881. The number of nitrogens with zero attached hydrogens (tertiary/aromatic N) is 2. The first kappa shape index (κ1) is 19.6. The van der Waals surface area contributed by atoms with Gasteiger partial charge in [0.05, 0.1) is 18.8 Å². The summed E-state index contributed by atoms with van der Waals surface area (Å²) >= 11 is 5.90. The molecular formula is C22H24ClN3O3. The number of halogens is 1. The summed E-state index contributed by atoms with van der Waals surface area (Å²) in [5.41, 5.74) is 1.50. The number of carbonyl (C=O) groups is 2. The average molecular weight is 414 g/mol. The molecule has 0 aromatic heterocycles. The summed E-state index contributed by atoms with van der Waals surface area (Å²) in [7, 11) is 0. The zero-order valence-electron chi connectivity index (χ0n) is 16.1. The Morgan fingerprint density at radius 1 is 1.03 bits per heavy atom. The van der Waals surface area contributed by atoms with Crippen molar-refractivity contribution in [2.45, 2.75) is 25.4 Å². The van der Waals surface area contributed by atoms with Crippen LogP contribution in [0.1, 0.15) is 19.3 Å². The number of hydrogen-bond acceptors (Lipinski definition) is 4. The Balaban J connectivity index is 1.48. The van der Waals surface area contributed by atoms with E-state index in [1.807, 2.05) is 34.1 Å². The van der Waals surface area contributed by atoms with Gasteiger partial charge in [-0.15, -0.1) is 0 Å². The van der Waals surface area contributed by atoms with Gasteiger partial charge in [-0.1, -0.05) is 23.7 Å². The van der Waals surface area contributed by atoms with Crippen molar-refractivity contribution in [3.63, 3.8) is 0 Å². The molecule has 0 radical (unpaired) electrons. The van der Waals surface area contributed by atoms with Crippen LogP contribution in [0.2, 0.25) is 5.02 Å². The predicted octanol–water partition coefficient (Wildman–Crippen LogP) is 3.56. The second kappa shape index (κ2) is 8.74. The Labute approximate surface area is 175 Å². The highest BCUT2D eigenvalue weighted by Crippen LogP contribution is 2.33. The summed E-state index contributed by atoms with van der Waals surface area (Å²) in [5.74, 6) is 0.476. The molecule has 152 valence electrons. The molecule has 2 aromatic rings. The van der Waals surface area contributed by atoms with Crippen molar-refractivity contribution in [3.05, 3.63) is 53.6 Å². The highest BCUT2D eigenvalue weighted by Gasteiger charge is 2.34. The summed E-state index contributed by atoms with van der Waals surface area (Å²) in [6.07, 6.45) is 2.62. The van der Waals surface area contributed by atoms with Crippen molar-refractivity contribution in [1.82, 2.24) is 4.90 Å². The number of para-hydroxylation sites is 2. The van der Waals surface area contributed by atoms with E-state index >= 15 is 0 Å². The molecule has 0 bridgehead atoms. The minimum atomic E-state index is -0.605. The smallest absolute Gasteiger partial charge is 0.265 e. The summed E-state index contributed by atoms with van der Waals surface area (Å²) in [4.78, 5) is 29.4. The van der Waals surface area contributed by atoms with E-state index in [0.29, 0.717) is 23.0 Å². The lowest BCUT2D eigenvalue weighted by atomic mass is 10.1. The largest absolute Gasteiger partial charge is 0.477 e. The summed E-state index contributed by atoms with van der Waals surface area (Å²) < 4.78 is 6.01. The Kier molecular flexibility index (Phi) is 5.90. The number of anilines is 2. The van der Waals surface area contributed by atoms with Crippen molar-refractivity contribution < 1.29 is 14.3 Å². The summed E-state index contributed by atoms with van der Waals surface area (Å²) in [6, 6.07) is 14.5. The average Bonchev–Trinajstić information content (AvgIpc) is 2.75. The van der Waals surface area contributed by atoms with Crippen LogP contribution >= 0.6 is 11.6 Å². The minimum absolute atomic E-state index is 0.00214. The highest BCUT2D eigenvalue weighted by atomic mass is 35.5. The fourth-order valence-electron chi connectivity index (χ4n) is 3.81. The lowest BCUT2D eigenvalue weighted by Crippen LogP contribution is -2.52. The number of rotatable bonds is 4. The molecule has 4 rings (SSSR count). The molecule has 2 aromatic carbocycles. The molecular weight excluding hydrogens is 390 g/mol. The third-order valence-electron chi connectivity index (χ3n) is 5.27. The maximum atomic E-state index is 13.0. The molecule has 1 fully saturated rings. The molecule has 1 N–H and O–H groups in total. The van der Waals surface area contributed by atoms with Crippen LogP contribution in [-0.4, -0.2) is 49.0 Å². The Morgan fingerprint density at radius 2 is 1.76 bits per heavy atom. The SMILES string of the molecule is O=C(CN1C[C@@H](C(=O)N2CCCCC2)Oc2ccccc21)Nc1ccc(Cl)cc1. The van der Waals surface area contributed by atoms with Gasteiger partial charge in [-0.2, -0.15) is 0 Å². The molecule has 2 heterocycles. The fourth-order valence-corrected chi connectivity index (χ4v) is 3.94. The summed E-state index contributed by atoms with van der Waals surface area (Å²) in [5, 5.41) is 3.49. The normalized spacial score (nSPS) is 18.6. The number of nitrogens with one attached hydrogen (secondary N) is 1. The van der Waals surface area contributed by atoms with Gasteiger partial charge in [-0.25, -0.2) is 0 Å². The molecule has 2 aliphatic heterocycles. The van der Waals surface area contributed by atoms with Crippen molar-refractivity contribution in [2.24, 2.45) is 0 Å². The first-order valence-corrected chi connectivity index (χ1v) is 10.3. The highest BCUT2D eigenvalue weighted by molar-refractivity contribution is 6.30. The Morgan fingerprint density at radius 3 is 2.52 bits per heavy atom. The number of carbonyl (C=O) groups excluding carboxylic acids is 2. The van der Waals surface area contributed by atoms with Crippen LogP contribution in [-0.2, 0) is 9.59 Å². The van der Waals surface area contributed by atoms with Crippen LogP contribution < -0.4 is 15.0 Å². The number of fused-ring (bicyclic) bond motifs is 1. The van der Waals surface area contributed by atoms with E-state index in [4.69, 9.17) is 16.3 Å². The second-order valence-corrected chi connectivity index (χ2v) is 7.83. The van der Waals surface area contributed by atoms with Gasteiger partial charge in [0.1, 0.15) is 5.75 Å². The number of amides is 2. The van der Waals surface area contributed by atoms with Crippen LogP contribution in [0, 0.1) is 0 Å². The van der Waals surface area contributed by atoms with E-state index in [-0.39, 0.29) is 18.4 Å². The Hall–Kier alpha value is -2.73. The van der Waals surface area contributed by atoms with Gasteiger partial charge in [0, 0.05) is 23.8 Å². The van der Waals surface area contributed by atoms with Gasteiger partial charge in [0.15, 0.2) is 6.10 Å². The maximum Gasteiger partial charge on any atom is 0.265 e. The standard InChI is InChI=1S/C22H24ClN3O3/c23-16-8-10-17(11-9-16)24-21(27)15-26-14-20(22(28)25-12-4-1-5-13-25)29-19-7-3-2-6-18(19)26/h2-3,6-11,20H,1,4-5,12-15H2,(H,24,27)/t20-/m0/s1. The number of ether oxygens (including phenoxy) is 1. The zero-order chi connectivity index (χ0) is 20.2. The van der Waals surface area contributed by atoms with Gasteiger partial charge in [0.2, 0.25) is 5.91 Å². The van der Waals surface area contributed by atoms with E-state index < -0.39 is 6.10 Å². The van der Waals surface area contributed by atoms with Crippen LogP contribution in [0.4, 0.5) is 11.4 Å². The number of benzene rings is 2. The second-order valence-electron chi connectivity index (χ2n) is 7.40. The van der Waals surface area contributed by atoms with Gasteiger partial charge >= 0.3 is 0 Å². The van der Waals surface area contributed by atoms with E-state index in [0.717, 1.165) is 38.0 Å². The predicted molar refractivity (Wildman–Crippen MR) is 114 cm³/mol. The molecule has 1 atom stereocenters. The fraction of sp³-hybridized carbons (Fsp3) is 0.364. The van der Waals surface area contributed by atoms with Crippen molar-refractivity contribution >= 4 is 34.8 Å². The van der Waals surface area contributed by atoms with Crippen LogP contribution in [0.5, 0.6) is 5.75 Å². The van der Waals surface area contributed by atoms with Crippen molar-refractivity contribution in [2.75, 3.05) is 36.4 Å². The molecule has 2 amide bonds. The first-order valence-electron chi connectivity index (χ1n) is 9.95. The molecule has 0 aliphatic carbocycles. The third-order valence-corrected chi connectivity index (χ3v) is 5.52. The topological polar surface area (TPSA) is 61.9 Å². The monoisotopic (exact) mass is 413 g/mol. The number of piperidine rings is 1. The van der Waals surface area contributed by atoms with Crippen LogP contribution in [0.15, 0.2) is 48.5 Å². The van der Waals surface area contributed by atoms with E-state index in [1.54, 1.807) is 24.3 Å². The zero-order valence-corrected chi connectivity index (χ0v) is 16.9. The lowest BCUT2D eigenvalue weighted by molar-refractivity contribution is -0.139. The van der Waals surface area contributed by atoms with Crippen LogP contribution in [0.25, 0.3) is 0 Å². The molecule has 6 nitrogen and oxygen atoms in total. The van der Waals surface area contributed by atoms with E-state index in [2.05, 4.69) is 5.32 Å². The molecule has 1 saturated heterocycles. The minimum Gasteiger partial charge on any atom is -0.477 e. The molecule has 0 saturated carbocycles. The van der Waals surface area contributed by atoms with E-state index in [9.17, 15) is 9.59 Å². The quantitative estimate of drug-likeness (QED) is 0.832. The maximum absolute atomic E-state index is 13.0. The molecule has 0 unspecified atom stereocenters. The number of hydrogen-bond donors (Lipinski definition) is 1. The van der Waals surface area contributed by atoms with Crippen molar-refractivity contribution in [1.29, 1.82) is 0 Å². The molecule has 2 aliphatic rings. The molecule has 0 spiro atoms. The van der Waals surface area contributed by atoms with Gasteiger partial charge in [0.25, 0.3) is 5.91 Å². The van der Waals surface area contributed by atoms with Crippen molar-refractivity contribution in [3.8, 4) is 5.75 Å². The molecule has 7 heteroatoms. The summed E-state index contributed by atoms with van der Waals surface area (Å²) in [6.45, 7) is 2.03. The third kappa shape index (κ3) is 4.65. The van der Waals surface area contributed by atoms with Gasteiger partial charge < -0.3 is 19.9 Å². The lowest BCUT2D eigenvalue weighted by Gasteiger charge is -2.38. The van der Waals surface area contributed by atoms with Crippen LogP contribution in [0.3, 0.4) is 0 Å². The van der Waals surface area contributed by atoms with E-state index in [1.165, 1.54) is 0 Å². The molecule has 29 heavy (non-hydrogen) atoms. The van der Waals surface area contributed by atoms with Gasteiger partial charge in [-0.05, 0) is 55.7 Å². The van der Waals surface area contributed by atoms with Gasteiger partial charge in [-0.3, -0.25) is 9.59 Å².